The lowest BCUT2D eigenvalue weighted by atomic mass is 9.77. The number of aliphatic hydroxyl groups excluding tert-OH is 1. The van der Waals surface area contributed by atoms with Crippen LogP contribution in [0.1, 0.15) is 18.5 Å². The highest BCUT2D eigenvalue weighted by Gasteiger charge is 2.41. The Morgan fingerprint density at radius 2 is 2.00 bits per heavy atom. The lowest BCUT2D eigenvalue weighted by molar-refractivity contribution is 0.0735. The topological polar surface area (TPSA) is 90.0 Å². The molecule has 5 rings (SSSR count). The predicted molar refractivity (Wildman–Crippen MR) is 103 cm³/mol. The van der Waals surface area contributed by atoms with E-state index in [0.29, 0.717) is 11.8 Å². The molecule has 3 heterocycles. The highest BCUT2D eigenvalue weighted by Crippen LogP contribution is 2.38. The van der Waals surface area contributed by atoms with Crippen molar-refractivity contribution in [1.82, 2.24) is 25.1 Å². The van der Waals surface area contributed by atoms with Crippen molar-refractivity contribution in [2.75, 3.05) is 18.4 Å². The van der Waals surface area contributed by atoms with Gasteiger partial charge in [-0.15, -0.1) is 0 Å². The van der Waals surface area contributed by atoms with Gasteiger partial charge in [-0.3, -0.25) is 15.0 Å². The van der Waals surface area contributed by atoms with Crippen LogP contribution in [0.5, 0.6) is 0 Å². The largest absolute Gasteiger partial charge is 0.391 e. The third-order valence-corrected chi connectivity index (χ3v) is 6.04. The maximum atomic E-state index is 10.6. The molecule has 0 amide bonds. The van der Waals surface area contributed by atoms with E-state index in [1.807, 2.05) is 12.1 Å². The van der Waals surface area contributed by atoms with Gasteiger partial charge in [0.1, 0.15) is 5.82 Å². The Kier molecular flexibility index (Phi) is 4.26. The van der Waals surface area contributed by atoms with Crippen LogP contribution in [0, 0.1) is 11.8 Å². The van der Waals surface area contributed by atoms with Crippen molar-refractivity contribution in [1.29, 1.82) is 0 Å². The zero-order chi connectivity index (χ0) is 18.2. The number of para-hydroxylation sites is 1. The molecule has 2 aliphatic rings. The van der Waals surface area contributed by atoms with Gasteiger partial charge < -0.3 is 10.4 Å². The van der Waals surface area contributed by atoms with Crippen molar-refractivity contribution in [3.8, 4) is 0 Å². The lowest BCUT2D eigenvalue weighted by Crippen LogP contribution is -2.43. The first-order valence-electron chi connectivity index (χ1n) is 9.61. The number of fused-ring (bicyclic) bond motifs is 2. The Bertz CT molecular complexity index is 913. The molecule has 1 aliphatic carbocycles. The first kappa shape index (κ1) is 16.6. The van der Waals surface area contributed by atoms with Crippen LogP contribution in [-0.4, -0.2) is 55.4 Å². The second-order valence-electron chi connectivity index (χ2n) is 7.81. The molecular formula is C20H24N6O. The molecule has 3 N–H and O–H groups in total. The molecule has 140 valence electrons. The van der Waals surface area contributed by atoms with E-state index in [-0.39, 0.29) is 12.1 Å². The summed E-state index contributed by atoms with van der Waals surface area (Å²) in [5.74, 6) is 1.88. The van der Waals surface area contributed by atoms with E-state index in [0.717, 1.165) is 43.8 Å². The predicted octanol–water partition coefficient (Wildman–Crippen LogP) is 2.04. The summed E-state index contributed by atoms with van der Waals surface area (Å²) in [7, 11) is 0. The normalized spacial score (nSPS) is 28.3. The lowest BCUT2D eigenvalue weighted by Gasteiger charge is -2.35. The average Bonchev–Trinajstić information content (AvgIpc) is 3.27. The Morgan fingerprint density at radius 1 is 1.15 bits per heavy atom. The number of nitrogens with zero attached hydrogens (tertiary/aromatic N) is 4. The fraction of sp³-hybridized carbons (Fsp3) is 0.450. The van der Waals surface area contributed by atoms with E-state index in [1.54, 1.807) is 18.6 Å². The minimum atomic E-state index is -0.346. The second kappa shape index (κ2) is 6.90. The minimum Gasteiger partial charge on any atom is -0.391 e. The molecule has 2 aromatic heterocycles. The van der Waals surface area contributed by atoms with Crippen LogP contribution < -0.4 is 5.32 Å². The number of likely N-dealkylation sites (tertiary alicyclic amines) is 1. The van der Waals surface area contributed by atoms with Gasteiger partial charge in [0.15, 0.2) is 0 Å². The van der Waals surface area contributed by atoms with Gasteiger partial charge in [-0.1, -0.05) is 18.2 Å². The number of H-pyrrole nitrogens is 1. The van der Waals surface area contributed by atoms with Crippen LogP contribution in [-0.2, 0) is 6.54 Å². The minimum absolute atomic E-state index is 0.0379. The third-order valence-electron chi connectivity index (χ3n) is 6.04. The van der Waals surface area contributed by atoms with Crippen molar-refractivity contribution in [2.24, 2.45) is 11.8 Å². The number of nitrogens with one attached hydrogen (secondary N) is 2. The molecule has 7 heteroatoms. The Hall–Kier alpha value is -2.51. The van der Waals surface area contributed by atoms with Crippen LogP contribution in [0.2, 0.25) is 0 Å². The molecule has 2 fully saturated rings. The number of hydrogen-bond acceptors (Lipinski definition) is 6. The number of aromatic amines is 1. The van der Waals surface area contributed by atoms with Gasteiger partial charge in [-0.25, -0.2) is 4.98 Å². The molecule has 0 bridgehead atoms. The van der Waals surface area contributed by atoms with Crippen molar-refractivity contribution < 1.29 is 5.11 Å². The molecular weight excluding hydrogens is 340 g/mol. The number of benzene rings is 1. The first-order chi connectivity index (χ1) is 13.3. The summed E-state index contributed by atoms with van der Waals surface area (Å²) in [6.07, 6.45) is 6.49. The first-order valence-corrected chi connectivity index (χ1v) is 9.61. The van der Waals surface area contributed by atoms with Crippen LogP contribution >= 0.6 is 0 Å². The SMILES string of the molecule is O[C@@H]1C[C@H]2CN(Cc3[nH]nc4ccccc34)C[C@H]2C[C@H]1Nc1cnccn1. The summed E-state index contributed by atoms with van der Waals surface area (Å²) in [5, 5.41) is 22.8. The van der Waals surface area contributed by atoms with Crippen molar-refractivity contribution in [2.45, 2.75) is 31.5 Å². The molecule has 1 aliphatic heterocycles. The monoisotopic (exact) mass is 364 g/mol. The van der Waals surface area contributed by atoms with Crippen molar-refractivity contribution >= 4 is 16.7 Å². The molecule has 1 aromatic carbocycles. The summed E-state index contributed by atoms with van der Waals surface area (Å²) in [4.78, 5) is 10.9. The van der Waals surface area contributed by atoms with Gasteiger partial charge in [-0.2, -0.15) is 5.10 Å². The van der Waals surface area contributed by atoms with Crippen LogP contribution in [0.25, 0.3) is 10.9 Å². The van der Waals surface area contributed by atoms with Gasteiger partial charge in [0, 0.05) is 37.4 Å². The summed E-state index contributed by atoms with van der Waals surface area (Å²) in [6.45, 7) is 2.97. The number of hydrogen-bond donors (Lipinski definition) is 3. The fourth-order valence-corrected chi connectivity index (χ4v) is 4.73. The highest BCUT2D eigenvalue weighted by atomic mass is 16.3. The van der Waals surface area contributed by atoms with Crippen molar-refractivity contribution in [3.63, 3.8) is 0 Å². The maximum Gasteiger partial charge on any atom is 0.144 e. The quantitative estimate of drug-likeness (QED) is 0.656. The van der Waals surface area contributed by atoms with Crippen molar-refractivity contribution in [3.05, 3.63) is 48.5 Å². The molecule has 27 heavy (non-hydrogen) atoms. The summed E-state index contributed by atoms with van der Waals surface area (Å²) in [5.41, 5.74) is 2.20. The zero-order valence-electron chi connectivity index (χ0n) is 15.1. The second-order valence-corrected chi connectivity index (χ2v) is 7.81. The van der Waals surface area contributed by atoms with Gasteiger partial charge in [0.2, 0.25) is 0 Å². The summed E-state index contributed by atoms with van der Waals surface area (Å²) in [6, 6.07) is 8.28. The Morgan fingerprint density at radius 3 is 2.85 bits per heavy atom. The fourth-order valence-electron chi connectivity index (χ4n) is 4.73. The molecule has 1 saturated heterocycles. The molecule has 0 spiro atoms. The number of aliphatic hydroxyl groups is 1. The third kappa shape index (κ3) is 3.28. The van der Waals surface area contributed by atoms with E-state index >= 15 is 0 Å². The number of rotatable bonds is 4. The number of aromatic nitrogens is 4. The van der Waals surface area contributed by atoms with E-state index < -0.39 is 0 Å². The van der Waals surface area contributed by atoms with Crippen LogP contribution in [0.3, 0.4) is 0 Å². The van der Waals surface area contributed by atoms with E-state index in [4.69, 9.17) is 0 Å². The van der Waals surface area contributed by atoms with E-state index in [2.05, 4.69) is 42.5 Å². The van der Waals surface area contributed by atoms with Gasteiger partial charge >= 0.3 is 0 Å². The average molecular weight is 364 g/mol. The zero-order valence-corrected chi connectivity index (χ0v) is 15.1. The smallest absolute Gasteiger partial charge is 0.144 e. The Labute approximate surface area is 157 Å². The number of anilines is 1. The molecule has 3 aromatic rings. The van der Waals surface area contributed by atoms with Gasteiger partial charge in [-0.05, 0) is 30.7 Å². The molecule has 0 unspecified atom stereocenters. The van der Waals surface area contributed by atoms with Crippen LogP contribution in [0.15, 0.2) is 42.9 Å². The molecule has 7 nitrogen and oxygen atoms in total. The van der Waals surface area contributed by atoms with E-state index in [1.165, 1.54) is 11.1 Å². The molecule has 0 radical (unpaired) electrons. The maximum absolute atomic E-state index is 10.6. The van der Waals surface area contributed by atoms with Gasteiger partial charge in [0.25, 0.3) is 0 Å². The van der Waals surface area contributed by atoms with Gasteiger partial charge in [0.05, 0.1) is 29.6 Å². The summed E-state index contributed by atoms with van der Waals surface area (Å²) >= 11 is 0. The molecule has 1 saturated carbocycles. The van der Waals surface area contributed by atoms with Crippen LogP contribution in [0.4, 0.5) is 5.82 Å². The van der Waals surface area contributed by atoms with E-state index in [9.17, 15) is 5.11 Å². The Balaban J connectivity index is 1.26. The summed E-state index contributed by atoms with van der Waals surface area (Å²) < 4.78 is 0. The molecule has 4 atom stereocenters. The standard InChI is InChI=1S/C20H24N6O/c27-19-8-14-11-26(12-18-15-3-1-2-4-16(15)24-25-18)10-13(14)7-17(19)23-20-9-21-5-6-22-20/h1-6,9,13-14,17,19,27H,7-8,10-12H2,(H,22,23)(H,24,25)/t13-,14+,17-,19-/m1/s1. The highest BCUT2D eigenvalue weighted by molar-refractivity contribution is 5.81.